The molecule has 0 unspecified atom stereocenters. The second kappa shape index (κ2) is 8.26. The highest BCUT2D eigenvalue weighted by atomic mass is 19.1. The molecule has 1 aromatic carbocycles. The number of carbonyl (C=O) groups is 2. The summed E-state index contributed by atoms with van der Waals surface area (Å²) in [6.45, 7) is 0.274. The Morgan fingerprint density at radius 3 is 2.86 bits per heavy atom. The lowest BCUT2D eigenvalue weighted by Gasteiger charge is -2.18. The highest BCUT2D eigenvalue weighted by Gasteiger charge is 2.23. The number of nitriles is 1. The number of nitrogens with one attached hydrogen (secondary N) is 1. The summed E-state index contributed by atoms with van der Waals surface area (Å²) in [7, 11) is 1.48. The maximum atomic E-state index is 13.4. The molecule has 28 heavy (non-hydrogen) atoms. The number of hydrogen-bond donors (Lipinski definition) is 1. The maximum Gasteiger partial charge on any atom is 0.359 e. The van der Waals surface area contributed by atoms with Gasteiger partial charge >= 0.3 is 5.97 Å². The zero-order valence-corrected chi connectivity index (χ0v) is 15.0. The topological polar surface area (TPSA) is 108 Å². The number of rotatable bonds is 5. The summed E-state index contributed by atoms with van der Waals surface area (Å²) < 4.78 is 18.7. The van der Waals surface area contributed by atoms with Crippen LogP contribution in [-0.2, 0) is 16.1 Å². The van der Waals surface area contributed by atoms with Gasteiger partial charge in [0.25, 0.3) is 0 Å². The summed E-state index contributed by atoms with van der Waals surface area (Å²) in [5.74, 6) is -0.554. The Labute approximate surface area is 160 Å². The van der Waals surface area contributed by atoms with E-state index in [2.05, 4.69) is 15.4 Å². The fraction of sp³-hybridized carbons (Fsp3) is 0.211. The second-order valence-electron chi connectivity index (χ2n) is 6.05. The van der Waals surface area contributed by atoms with Gasteiger partial charge in [-0.05, 0) is 35.9 Å². The molecule has 0 aliphatic carbocycles. The van der Waals surface area contributed by atoms with Crippen molar-refractivity contribution in [3.63, 3.8) is 0 Å². The molecule has 1 aliphatic heterocycles. The molecule has 0 atom stereocenters. The van der Waals surface area contributed by atoms with Crippen LogP contribution in [0.15, 0.2) is 41.6 Å². The van der Waals surface area contributed by atoms with Crippen molar-refractivity contribution in [3.05, 3.63) is 53.5 Å². The predicted octanol–water partition coefficient (Wildman–Crippen LogP) is 2.22. The number of carbonyl (C=O) groups excluding carboxylic acids is 2. The largest absolute Gasteiger partial charge is 0.420 e. The Kier molecular flexibility index (Phi) is 5.60. The maximum absolute atomic E-state index is 13.4. The van der Waals surface area contributed by atoms with Gasteiger partial charge in [0.15, 0.2) is 0 Å². The van der Waals surface area contributed by atoms with E-state index in [1.54, 1.807) is 18.2 Å². The summed E-state index contributed by atoms with van der Waals surface area (Å²) in [6, 6.07) is 9.13. The number of ether oxygens (including phenoxy) is 1. The second-order valence-corrected chi connectivity index (χ2v) is 6.05. The van der Waals surface area contributed by atoms with Crippen molar-refractivity contribution in [2.45, 2.75) is 19.4 Å². The molecule has 2 heterocycles. The smallest absolute Gasteiger partial charge is 0.359 e. The quantitative estimate of drug-likeness (QED) is 0.796. The molecule has 0 spiro atoms. The van der Waals surface area contributed by atoms with Crippen molar-refractivity contribution in [2.75, 3.05) is 12.4 Å². The highest BCUT2D eigenvalue weighted by Crippen LogP contribution is 2.16. The molecule has 142 valence electrons. The van der Waals surface area contributed by atoms with E-state index in [1.165, 1.54) is 19.3 Å². The lowest BCUT2D eigenvalue weighted by atomic mass is 10.1. The van der Waals surface area contributed by atoms with Gasteiger partial charge in [-0.1, -0.05) is 0 Å². The Balaban J connectivity index is 1.59. The summed E-state index contributed by atoms with van der Waals surface area (Å²) in [5.41, 5.74) is 1.01. The molecule has 8 nitrogen and oxygen atoms in total. The van der Waals surface area contributed by atoms with Crippen LogP contribution < -0.4 is 10.1 Å². The van der Waals surface area contributed by atoms with Crippen LogP contribution in [0.4, 0.5) is 10.2 Å². The minimum atomic E-state index is -0.634. The minimum absolute atomic E-state index is 0.158. The van der Waals surface area contributed by atoms with Crippen LogP contribution >= 0.6 is 0 Å². The van der Waals surface area contributed by atoms with Gasteiger partial charge in [-0.25, -0.2) is 19.2 Å². The average molecular weight is 381 g/mol. The number of benzene rings is 1. The number of anilines is 1. The molecule has 0 radical (unpaired) electrons. The number of hydrazone groups is 1. The summed E-state index contributed by atoms with van der Waals surface area (Å²) in [5, 5.41) is 16.9. The van der Waals surface area contributed by atoms with Crippen LogP contribution in [0, 0.1) is 17.1 Å². The molecule has 2 aromatic rings. The molecule has 1 N–H and O–H groups in total. The Bertz CT molecular complexity index is 982. The number of hydrogen-bond acceptors (Lipinski definition) is 7. The highest BCUT2D eigenvalue weighted by molar-refractivity contribution is 6.37. The van der Waals surface area contributed by atoms with E-state index < -0.39 is 11.8 Å². The van der Waals surface area contributed by atoms with Crippen LogP contribution in [-0.4, -0.2) is 34.6 Å². The van der Waals surface area contributed by atoms with Gasteiger partial charge < -0.3 is 10.1 Å². The first-order valence-electron chi connectivity index (χ1n) is 8.40. The van der Waals surface area contributed by atoms with Crippen molar-refractivity contribution >= 4 is 23.4 Å². The molecule has 0 fully saturated rings. The summed E-state index contributed by atoms with van der Waals surface area (Å²) in [4.78, 5) is 27.6. The van der Waals surface area contributed by atoms with Gasteiger partial charge in [0.2, 0.25) is 5.91 Å². The molecule has 1 amide bonds. The normalized spacial score (nSPS) is 13.5. The van der Waals surface area contributed by atoms with Gasteiger partial charge in [-0.2, -0.15) is 10.4 Å². The standard InChI is InChI=1S/C19H16FN5O3/c1-25-18(26)5-3-16(24-25)19(27)28-15-2-4-17(23-11-15)22-10-13-6-12(9-21)7-14(20)8-13/h2,4,6-8,11H,3,5,10H2,1H3,(H,22,23). The van der Waals surface area contributed by atoms with Crippen LogP contribution in [0.1, 0.15) is 24.0 Å². The fourth-order valence-electron chi connectivity index (χ4n) is 2.54. The number of aromatic nitrogens is 1. The van der Waals surface area contributed by atoms with Crippen molar-refractivity contribution in [1.29, 1.82) is 5.26 Å². The zero-order chi connectivity index (χ0) is 20.1. The molecule has 1 aliphatic rings. The number of esters is 1. The number of pyridine rings is 1. The third-order valence-electron chi connectivity index (χ3n) is 3.95. The van der Waals surface area contributed by atoms with Crippen molar-refractivity contribution in [1.82, 2.24) is 9.99 Å². The molecule has 0 saturated heterocycles. The van der Waals surface area contributed by atoms with E-state index >= 15 is 0 Å². The summed E-state index contributed by atoms with van der Waals surface area (Å²) >= 11 is 0. The third-order valence-corrected chi connectivity index (χ3v) is 3.95. The van der Waals surface area contributed by atoms with Gasteiger partial charge in [0, 0.05) is 26.4 Å². The molecule has 0 saturated carbocycles. The van der Waals surface area contributed by atoms with Crippen molar-refractivity contribution in [2.24, 2.45) is 5.10 Å². The van der Waals surface area contributed by atoms with E-state index in [0.29, 0.717) is 11.4 Å². The number of nitrogens with zero attached hydrogens (tertiary/aromatic N) is 4. The van der Waals surface area contributed by atoms with Gasteiger partial charge in [0.05, 0.1) is 17.8 Å². The molecular weight excluding hydrogens is 365 g/mol. The Morgan fingerprint density at radius 1 is 1.36 bits per heavy atom. The summed E-state index contributed by atoms with van der Waals surface area (Å²) in [6.07, 6.45) is 1.80. The average Bonchev–Trinajstić information content (AvgIpc) is 2.69. The van der Waals surface area contributed by atoms with E-state index in [1.807, 2.05) is 6.07 Å². The number of halogens is 1. The molecular formula is C19H16FN5O3. The zero-order valence-electron chi connectivity index (χ0n) is 15.0. The molecule has 9 heteroatoms. The van der Waals surface area contributed by atoms with E-state index in [9.17, 15) is 14.0 Å². The third kappa shape index (κ3) is 4.67. The van der Waals surface area contributed by atoms with E-state index in [4.69, 9.17) is 10.00 Å². The molecule has 3 rings (SSSR count). The Hall–Kier alpha value is -3.80. The minimum Gasteiger partial charge on any atom is -0.420 e. The first-order chi connectivity index (χ1) is 13.4. The van der Waals surface area contributed by atoms with Crippen LogP contribution in [0.3, 0.4) is 0 Å². The SMILES string of the molecule is CN1N=C(C(=O)Oc2ccc(NCc3cc(F)cc(C#N)c3)nc2)CCC1=O. The van der Waals surface area contributed by atoms with Crippen LogP contribution in [0.25, 0.3) is 0 Å². The van der Waals surface area contributed by atoms with Gasteiger partial charge in [-0.3, -0.25) is 4.79 Å². The van der Waals surface area contributed by atoms with Crippen LogP contribution in [0.2, 0.25) is 0 Å². The fourth-order valence-corrected chi connectivity index (χ4v) is 2.54. The van der Waals surface area contributed by atoms with Crippen molar-refractivity contribution in [3.8, 4) is 11.8 Å². The predicted molar refractivity (Wildman–Crippen MR) is 97.8 cm³/mol. The van der Waals surface area contributed by atoms with Gasteiger partial charge in [0.1, 0.15) is 23.1 Å². The monoisotopic (exact) mass is 381 g/mol. The van der Waals surface area contributed by atoms with Crippen LogP contribution in [0.5, 0.6) is 5.75 Å². The lowest BCUT2D eigenvalue weighted by Crippen LogP contribution is -2.33. The first kappa shape index (κ1) is 19.0. The molecule has 1 aromatic heterocycles. The lowest BCUT2D eigenvalue weighted by molar-refractivity contribution is -0.131. The van der Waals surface area contributed by atoms with E-state index in [-0.39, 0.29) is 42.3 Å². The number of amides is 1. The van der Waals surface area contributed by atoms with E-state index in [0.717, 1.165) is 11.1 Å². The first-order valence-corrected chi connectivity index (χ1v) is 8.40. The van der Waals surface area contributed by atoms with Crippen molar-refractivity contribution < 1.29 is 18.7 Å². The molecule has 0 bridgehead atoms. The Morgan fingerprint density at radius 2 is 2.18 bits per heavy atom. The van der Waals surface area contributed by atoms with Gasteiger partial charge in [-0.15, -0.1) is 0 Å².